The molecule has 0 heterocycles. The van der Waals surface area contributed by atoms with E-state index in [1.165, 1.54) is 5.56 Å². The molecule has 0 aromatic heterocycles. The third-order valence-corrected chi connectivity index (χ3v) is 4.97. The zero-order chi connectivity index (χ0) is 18.2. The molecule has 0 amide bonds. The molecule has 0 unspecified atom stereocenters. The minimum atomic E-state index is -0.805. The Morgan fingerprint density at radius 3 is 2.04 bits per heavy atom. The Bertz CT molecular complexity index is 830. The van der Waals surface area contributed by atoms with Crippen molar-refractivity contribution in [1.82, 2.24) is 0 Å². The van der Waals surface area contributed by atoms with Crippen molar-refractivity contribution in [2.75, 3.05) is 11.9 Å². The fraction of sp³-hybridized carbons (Fsp3) is 0.136. The summed E-state index contributed by atoms with van der Waals surface area (Å²) in [5, 5.41) is 12.3. The highest BCUT2D eigenvalue weighted by Gasteiger charge is 2.02. The van der Waals surface area contributed by atoms with Crippen LogP contribution in [0.4, 0.5) is 5.69 Å². The van der Waals surface area contributed by atoms with Crippen LogP contribution in [0.15, 0.2) is 88.7 Å². The Hall–Kier alpha value is -2.72. The topological polar surface area (TPSA) is 49.3 Å². The Morgan fingerprint density at radius 2 is 1.42 bits per heavy atom. The van der Waals surface area contributed by atoms with Crippen LogP contribution in [-0.4, -0.2) is 17.6 Å². The maximum Gasteiger partial charge on any atom is 0.307 e. The first-order valence-corrected chi connectivity index (χ1v) is 9.37. The van der Waals surface area contributed by atoms with Crippen molar-refractivity contribution in [3.8, 4) is 0 Å². The standard InChI is InChI=1S/C22H21NO2S/c24-22(25)16-18-6-10-20(11-7-18)26-21-12-8-19(9-13-21)23-15-14-17-4-2-1-3-5-17/h1-13,23H,14-16H2,(H,24,25). The average molecular weight is 363 g/mol. The van der Waals surface area contributed by atoms with Crippen LogP contribution < -0.4 is 5.32 Å². The number of nitrogens with one attached hydrogen (secondary N) is 1. The van der Waals surface area contributed by atoms with Gasteiger partial charge in [0.15, 0.2) is 0 Å². The predicted octanol–water partition coefficient (Wildman–Crippen LogP) is 5.12. The molecule has 2 N–H and O–H groups in total. The number of aliphatic carboxylic acids is 1. The Balaban J connectivity index is 1.50. The van der Waals surface area contributed by atoms with Crippen LogP contribution >= 0.6 is 11.8 Å². The Morgan fingerprint density at radius 1 is 0.808 bits per heavy atom. The van der Waals surface area contributed by atoms with E-state index in [1.807, 2.05) is 30.3 Å². The zero-order valence-electron chi connectivity index (χ0n) is 14.4. The molecular weight excluding hydrogens is 342 g/mol. The maximum absolute atomic E-state index is 10.7. The second-order valence-electron chi connectivity index (χ2n) is 6.00. The highest BCUT2D eigenvalue weighted by Crippen LogP contribution is 2.28. The molecule has 0 saturated heterocycles. The van der Waals surface area contributed by atoms with Gasteiger partial charge in [-0.15, -0.1) is 0 Å². The molecule has 132 valence electrons. The SMILES string of the molecule is O=C(O)Cc1ccc(Sc2ccc(NCCc3ccccc3)cc2)cc1. The quantitative estimate of drug-likeness (QED) is 0.583. The van der Waals surface area contributed by atoms with E-state index in [4.69, 9.17) is 5.11 Å². The van der Waals surface area contributed by atoms with Gasteiger partial charge >= 0.3 is 5.97 Å². The van der Waals surface area contributed by atoms with E-state index in [9.17, 15) is 4.79 Å². The number of benzene rings is 3. The molecule has 4 heteroatoms. The third kappa shape index (κ3) is 5.67. The van der Waals surface area contributed by atoms with Crippen LogP contribution in [-0.2, 0) is 17.6 Å². The molecule has 0 saturated carbocycles. The Kier molecular flexibility index (Phi) is 6.34. The van der Waals surface area contributed by atoms with Gasteiger partial charge in [-0.3, -0.25) is 4.79 Å². The van der Waals surface area contributed by atoms with Gasteiger partial charge in [0.1, 0.15) is 0 Å². The minimum absolute atomic E-state index is 0.0638. The maximum atomic E-state index is 10.7. The largest absolute Gasteiger partial charge is 0.481 e. The van der Waals surface area contributed by atoms with Crippen LogP contribution in [0.2, 0.25) is 0 Å². The van der Waals surface area contributed by atoms with Crippen LogP contribution in [0, 0.1) is 0 Å². The molecule has 3 aromatic carbocycles. The molecule has 0 aliphatic rings. The first-order valence-electron chi connectivity index (χ1n) is 8.55. The van der Waals surface area contributed by atoms with Gasteiger partial charge in [-0.2, -0.15) is 0 Å². The molecule has 3 aromatic rings. The zero-order valence-corrected chi connectivity index (χ0v) is 15.2. The summed E-state index contributed by atoms with van der Waals surface area (Å²) in [5.74, 6) is -0.805. The molecule has 26 heavy (non-hydrogen) atoms. The van der Waals surface area contributed by atoms with Crippen molar-refractivity contribution >= 4 is 23.4 Å². The van der Waals surface area contributed by atoms with Crippen molar-refractivity contribution in [3.63, 3.8) is 0 Å². The van der Waals surface area contributed by atoms with Gasteiger partial charge in [-0.25, -0.2) is 0 Å². The predicted molar refractivity (Wildman–Crippen MR) is 107 cm³/mol. The van der Waals surface area contributed by atoms with Crippen molar-refractivity contribution < 1.29 is 9.90 Å². The molecule has 0 aliphatic heterocycles. The molecular formula is C22H21NO2S. The number of hydrogen-bond acceptors (Lipinski definition) is 3. The number of carboxylic acids is 1. The molecule has 0 spiro atoms. The molecule has 3 nitrogen and oxygen atoms in total. The number of carbonyl (C=O) groups is 1. The van der Waals surface area contributed by atoms with Gasteiger partial charge in [0.25, 0.3) is 0 Å². The number of hydrogen-bond donors (Lipinski definition) is 2. The summed E-state index contributed by atoms with van der Waals surface area (Å²) < 4.78 is 0. The lowest BCUT2D eigenvalue weighted by molar-refractivity contribution is -0.136. The van der Waals surface area contributed by atoms with Gasteiger partial charge in [0, 0.05) is 22.0 Å². The normalized spacial score (nSPS) is 10.5. The molecule has 3 rings (SSSR count). The summed E-state index contributed by atoms with van der Waals surface area (Å²) in [5.41, 5.74) is 3.26. The van der Waals surface area contributed by atoms with Gasteiger partial charge in [0.05, 0.1) is 6.42 Å². The van der Waals surface area contributed by atoms with Crippen molar-refractivity contribution in [1.29, 1.82) is 0 Å². The summed E-state index contributed by atoms with van der Waals surface area (Å²) in [6.45, 7) is 0.904. The summed E-state index contributed by atoms with van der Waals surface area (Å²) in [6, 6.07) is 26.5. The fourth-order valence-corrected chi connectivity index (χ4v) is 3.44. The first kappa shape index (κ1) is 18.1. The summed E-state index contributed by atoms with van der Waals surface area (Å²) in [7, 11) is 0. The van der Waals surface area contributed by atoms with Crippen molar-refractivity contribution in [2.24, 2.45) is 0 Å². The average Bonchev–Trinajstić information content (AvgIpc) is 2.65. The van der Waals surface area contributed by atoms with E-state index in [2.05, 4.69) is 53.8 Å². The van der Waals surface area contributed by atoms with E-state index >= 15 is 0 Å². The fourth-order valence-electron chi connectivity index (χ4n) is 2.62. The van der Waals surface area contributed by atoms with Gasteiger partial charge < -0.3 is 10.4 Å². The second kappa shape index (κ2) is 9.11. The van der Waals surface area contributed by atoms with Crippen LogP contribution in [0.3, 0.4) is 0 Å². The molecule has 0 radical (unpaired) electrons. The van der Waals surface area contributed by atoms with Crippen LogP contribution in [0.1, 0.15) is 11.1 Å². The third-order valence-electron chi connectivity index (χ3n) is 3.95. The second-order valence-corrected chi connectivity index (χ2v) is 7.15. The number of rotatable bonds is 8. The molecule has 0 aliphatic carbocycles. The lowest BCUT2D eigenvalue weighted by Gasteiger charge is -2.08. The summed E-state index contributed by atoms with van der Waals surface area (Å²) in [6.07, 6.45) is 1.06. The summed E-state index contributed by atoms with van der Waals surface area (Å²) >= 11 is 1.67. The lowest BCUT2D eigenvalue weighted by atomic mass is 10.1. The van der Waals surface area contributed by atoms with Crippen molar-refractivity contribution in [3.05, 3.63) is 90.0 Å². The number of anilines is 1. The van der Waals surface area contributed by atoms with Gasteiger partial charge in [-0.05, 0) is 53.9 Å². The van der Waals surface area contributed by atoms with Crippen LogP contribution in [0.5, 0.6) is 0 Å². The highest BCUT2D eigenvalue weighted by molar-refractivity contribution is 7.99. The van der Waals surface area contributed by atoms with Gasteiger partial charge in [-0.1, -0.05) is 54.2 Å². The highest BCUT2D eigenvalue weighted by atomic mass is 32.2. The van der Waals surface area contributed by atoms with E-state index < -0.39 is 5.97 Å². The monoisotopic (exact) mass is 363 g/mol. The van der Waals surface area contributed by atoms with E-state index in [0.717, 1.165) is 34.0 Å². The van der Waals surface area contributed by atoms with Crippen LogP contribution in [0.25, 0.3) is 0 Å². The number of carboxylic acid groups (broad SMARTS) is 1. The van der Waals surface area contributed by atoms with E-state index in [-0.39, 0.29) is 6.42 Å². The van der Waals surface area contributed by atoms with Crippen molar-refractivity contribution in [2.45, 2.75) is 22.6 Å². The molecule has 0 fully saturated rings. The first-order chi connectivity index (χ1) is 12.7. The molecule has 0 atom stereocenters. The molecule has 0 bridgehead atoms. The summed E-state index contributed by atoms with van der Waals surface area (Å²) in [4.78, 5) is 13.0. The smallest absolute Gasteiger partial charge is 0.307 e. The van der Waals surface area contributed by atoms with E-state index in [1.54, 1.807) is 11.8 Å². The van der Waals surface area contributed by atoms with E-state index in [0.29, 0.717) is 0 Å². The lowest BCUT2D eigenvalue weighted by Crippen LogP contribution is -2.04. The Labute approximate surface area is 158 Å². The minimum Gasteiger partial charge on any atom is -0.481 e. The van der Waals surface area contributed by atoms with Gasteiger partial charge in [0.2, 0.25) is 0 Å².